The molecule has 1 aromatic heterocycles. The molecule has 0 amide bonds. The topological polar surface area (TPSA) is 81.2 Å². The number of halogens is 2. The van der Waals surface area contributed by atoms with Crippen molar-refractivity contribution in [1.29, 1.82) is 0 Å². The SMILES string of the molecule is CN(Cc1nccn1C)S(=O)(=O)c1cc(N)c(F)cc1Br. The molecule has 21 heavy (non-hydrogen) atoms. The molecule has 114 valence electrons. The second-order valence-corrected chi connectivity index (χ2v) is 7.39. The lowest BCUT2D eigenvalue weighted by molar-refractivity contribution is 0.451. The molecule has 0 fully saturated rings. The zero-order chi connectivity index (χ0) is 15.8. The lowest BCUT2D eigenvalue weighted by Gasteiger charge is -2.18. The number of anilines is 1. The molecule has 2 rings (SSSR count). The number of rotatable bonds is 4. The van der Waals surface area contributed by atoms with E-state index in [2.05, 4.69) is 20.9 Å². The minimum atomic E-state index is -3.82. The van der Waals surface area contributed by atoms with Crippen LogP contribution in [0.2, 0.25) is 0 Å². The highest BCUT2D eigenvalue weighted by molar-refractivity contribution is 9.10. The summed E-state index contributed by atoms with van der Waals surface area (Å²) in [6.07, 6.45) is 3.31. The van der Waals surface area contributed by atoms with Crippen molar-refractivity contribution in [3.05, 3.63) is 40.6 Å². The highest BCUT2D eigenvalue weighted by Gasteiger charge is 2.25. The lowest BCUT2D eigenvalue weighted by Crippen LogP contribution is -2.28. The van der Waals surface area contributed by atoms with Crippen LogP contribution in [0.1, 0.15) is 5.82 Å². The Morgan fingerprint density at radius 3 is 2.71 bits per heavy atom. The fourth-order valence-corrected chi connectivity index (χ4v) is 3.87. The zero-order valence-electron chi connectivity index (χ0n) is 11.4. The summed E-state index contributed by atoms with van der Waals surface area (Å²) in [5.74, 6) is -0.0835. The summed E-state index contributed by atoms with van der Waals surface area (Å²) in [6, 6.07) is 2.14. The van der Waals surface area contributed by atoms with E-state index >= 15 is 0 Å². The van der Waals surface area contributed by atoms with E-state index in [4.69, 9.17) is 5.73 Å². The molecule has 1 aromatic carbocycles. The quantitative estimate of drug-likeness (QED) is 0.823. The Labute approximate surface area is 130 Å². The van der Waals surface area contributed by atoms with E-state index in [1.54, 1.807) is 24.0 Å². The first-order chi connectivity index (χ1) is 9.73. The van der Waals surface area contributed by atoms with Gasteiger partial charge in [0.05, 0.1) is 17.1 Å². The van der Waals surface area contributed by atoms with Crippen molar-refractivity contribution in [2.45, 2.75) is 11.4 Å². The van der Waals surface area contributed by atoms with Gasteiger partial charge in [0.1, 0.15) is 11.6 Å². The first-order valence-electron chi connectivity index (χ1n) is 5.90. The number of nitrogens with two attached hydrogens (primary N) is 1. The van der Waals surface area contributed by atoms with Crippen LogP contribution in [0.25, 0.3) is 0 Å². The number of sulfonamides is 1. The van der Waals surface area contributed by atoms with Crippen molar-refractivity contribution in [2.75, 3.05) is 12.8 Å². The van der Waals surface area contributed by atoms with Crippen LogP contribution in [0.3, 0.4) is 0 Å². The fraction of sp³-hybridized carbons (Fsp3) is 0.250. The van der Waals surface area contributed by atoms with Gasteiger partial charge in [0.25, 0.3) is 0 Å². The Hall–Kier alpha value is -1.45. The van der Waals surface area contributed by atoms with Crippen molar-refractivity contribution >= 4 is 31.6 Å². The summed E-state index contributed by atoms with van der Waals surface area (Å²) < 4.78 is 41.4. The van der Waals surface area contributed by atoms with Crippen LogP contribution < -0.4 is 5.73 Å². The highest BCUT2D eigenvalue weighted by atomic mass is 79.9. The third-order valence-electron chi connectivity index (χ3n) is 3.02. The van der Waals surface area contributed by atoms with Gasteiger partial charge in [-0.2, -0.15) is 4.31 Å². The van der Waals surface area contributed by atoms with Crippen LogP contribution >= 0.6 is 15.9 Å². The van der Waals surface area contributed by atoms with Gasteiger partial charge in [-0.15, -0.1) is 0 Å². The monoisotopic (exact) mass is 376 g/mol. The molecule has 0 spiro atoms. The maximum Gasteiger partial charge on any atom is 0.244 e. The molecule has 6 nitrogen and oxygen atoms in total. The van der Waals surface area contributed by atoms with Crippen LogP contribution in [-0.4, -0.2) is 29.3 Å². The lowest BCUT2D eigenvalue weighted by atomic mass is 10.3. The van der Waals surface area contributed by atoms with E-state index in [-0.39, 0.29) is 21.6 Å². The van der Waals surface area contributed by atoms with Crippen molar-refractivity contribution in [3.63, 3.8) is 0 Å². The summed E-state index contributed by atoms with van der Waals surface area (Å²) in [6.45, 7) is 0.0928. The number of aromatic nitrogens is 2. The van der Waals surface area contributed by atoms with Gasteiger partial charge in [-0.3, -0.25) is 0 Å². The summed E-state index contributed by atoms with van der Waals surface area (Å²) in [5.41, 5.74) is 5.23. The molecule has 2 aromatic rings. The number of nitrogens with zero attached hydrogens (tertiary/aromatic N) is 3. The van der Waals surface area contributed by atoms with Crippen molar-refractivity contribution < 1.29 is 12.8 Å². The van der Waals surface area contributed by atoms with Gasteiger partial charge in [0.2, 0.25) is 10.0 Å². The molecule has 9 heteroatoms. The fourth-order valence-electron chi connectivity index (χ4n) is 1.74. The summed E-state index contributed by atoms with van der Waals surface area (Å²) in [7, 11) is -0.616. The number of benzene rings is 1. The number of imidazole rings is 1. The van der Waals surface area contributed by atoms with Crippen LogP contribution in [0.5, 0.6) is 0 Å². The minimum Gasteiger partial charge on any atom is -0.396 e. The van der Waals surface area contributed by atoms with Gasteiger partial charge in [-0.05, 0) is 28.1 Å². The maximum atomic E-state index is 13.3. The van der Waals surface area contributed by atoms with Crippen LogP contribution in [0.4, 0.5) is 10.1 Å². The maximum absolute atomic E-state index is 13.3. The molecular formula is C12H14BrFN4O2S. The number of nitrogen functional groups attached to an aromatic ring is 1. The van der Waals surface area contributed by atoms with Crippen molar-refractivity contribution in [3.8, 4) is 0 Å². The predicted molar refractivity (Wildman–Crippen MR) is 80.4 cm³/mol. The zero-order valence-corrected chi connectivity index (χ0v) is 13.8. The molecule has 0 bridgehead atoms. The van der Waals surface area contributed by atoms with E-state index in [1.807, 2.05) is 0 Å². The van der Waals surface area contributed by atoms with Gasteiger partial charge < -0.3 is 10.3 Å². The molecule has 0 radical (unpaired) electrons. The van der Waals surface area contributed by atoms with Crippen LogP contribution in [0, 0.1) is 5.82 Å². The molecule has 1 heterocycles. The van der Waals surface area contributed by atoms with E-state index in [0.717, 1.165) is 16.4 Å². The van der Waals surface area contributed by atoms with E-state index in [1.165, 1.54) is 7.05 Å². The summed E-state index contributed by atoms with van der Waals surface area (Å²) in [5, 5.41) is 0. The van der Waals surface area contributed by atoms with Gasteiger partial charge >= 0.3 is 0 Å². The molecule has 0 saturated carbocycles. The smallest absolute Gasteiger partial charge is 0.244 e. The standard InChI is InChI=1S/C12H14BrFN4O2S/c1-17-4-3-16-12(17)7-18(2)21(19,20)11-6-10(15)9(14)5-8(11)13/h3-6H,7,15H2,1-2H3. The van der Waals surface area contributed by atoms with E-state index in [0.29, 0.717) is 5.82 Å². The Bertz CT molecular complexity index is 776. The average molecular weight is 377 g/mol. The molecule has 2 N–H and O–H groups in total. The summed E-state index contributed by atoms with van der Waals surface area (Å²) >= 11 is 3.06. The Kier molecular flexibility index (Phi) is 4.35. The number of aryl methyl sites for hydroxylation is 1. The molecule has 0 aliphatic carbocycles. The largest absolute Gasteiger partial charge is 0.396 e. The van der Waals surface area contributed by atoms with E-state index in [9.17, 15) is 12.8 Å². The van der Waals surface area contributed by atoms with Crippen LogP contribution in [-0.2, 0) is 23.6 Å². The van der Waals surface area contributed by atoms with Crippen molar-refractivity contribution in [1.82, 2.24) is 13.9 Å². The molecular weight excluding hydrogens is 363 g/mol. The molecule has 0 aliphatic rings. The van der Waals surface area contributed by atoms with Gasteiger partial charge in [-0.25, -0.2) is 17.8 Å². The van der Waals surface area contributed by atoms with Gasteiger partial charge in [-0.1, -0.05) is 0 Å². The molecule has 0 aliphatic heterocycles. The second kappa shape index (κ2) is 5.74. The second-order valence-electron chi connectivity index (χ2n) is 4.52. The number of hydrogen-bond donors (Lipinski definition) is 1. The molecule has 0 saturated heterocycles. The highest BCUT2D eigenvalue weighted by Crippen LogP contribution is 2.29. The third-order valence-corrected chi connectivity index (χ3v) is 5.79. The van der Waals surface area contributed by atoms with Gasteiger partial charge in [0, 0.05) is 31.0 Å². The first-order valence-corrected chi connectivity index (χ1v) is 8.14. The van der Waals surface area contributed by atoms with Gasteiger partial charge in [0.15, 0.2) is 0 Å². The molecule has 0 atom stereocenters. The minimum absolute atomic E-state index is 0.0851. The predicted octanol–water partition coefficient (Wildman–Crippen LogP) is 1.72. The average Bonchev–Trinajstić information content (AvgIpc) is 2.79. The summed E-state index contributed by atoms with van der Waals surface area (Å²) in [4.78, 5) is 3.99. The molecule has 0 unspecified atom stereocenters. The Morgan fingerprint density at radius 1 is 1.48 bits per heavy atom. The van der Waals surface area contributed by atoms with Crippen LogP contribution in [0.15, 0.2) is 33.9 Å². The first kappa shape index (κ1) is 15.9. The normalized spacial score (nSPS) is 12.0. The Morgan fingerprint density at radius 2 is 2.14 bits per heavy atom. The van der Waals surface area contributed by atoms with Crippen molar-refractivity contribution in [2.24, 2.45) is 7.05 Å². The number of hydrogen-bond acceptors (Lipinski definition) is 4. The third kappa shape index (κ3) is 3.09. The van der Waals surface area contributed by atoms with E-state index < -0.39 is 15.8 Å². The Balaban J connectivity index is 2.38.